The maximum Gasteiger partial charge on any atom is 0.289 e. The van der Waals surface area contributed by atoms with Crippen molar-refractivity contribution in [3.63, 3.8) is 0 Å². The number of carbonyl (C=O) groups excluding carboxylic acids is 1. The van der Waals surface area contributed by atoms with E-state index in [1.165, 1.54) is 0 Å². The minimum atomic E-state index is -0.0988. The van der Waals surface area contributed by atoms with Gasteiger partial charge < -0.3 is 19.8 Å². The number of anilines is 1. The van der Waals surface area contributed by atoms with Gasteiger partial charge in [0.05, 0.1) is 12.2 Å². The Balaban J connectivity index is 1.81. The molecule has 0 saturated carbocycles. The maximum absolute atomic E-state index is 12.6. The standard InChI is InChI=1S/C18H22N2O3/c1-11-4-5-14(8-15(11)19)16-6-7-17(23-16)18(21)20-9-12(2)22-13(3)10-20/h4-8,12-13H,9-10,19H2,1-3H3. The van der Waals surface area contributed by atoms with E-state index in [9.17, 15) is 4.79 Å². The summed E-state index contributed by atoms with van der Waals surface area (Å²) in [7, 11) is 0. The molecular weight excluding hydrogens is 292 g/mol. The van der Waals surface area contributed by atoms with Crippen LogP contribution >= 0.6 is 0 Å². The lowest BCUT2D eigenvalue weighted by atomic mass is 10.1. The Kier molecular flexibility index (Phi) is 4.13. The van der Waals surface area contributed by atoms with E-state index in [0.29, 0.717) is 30.3 Å². The van der Waals surface area contributed by atoms with Crippen LogP contribution in [-0.4, -0.2) is 36.1 Å². The molecule has 122 valence electrons. The van der Waals surface area contributed by atoms with Gasteiger partial charge >= 0.3 is 0 Å². The molecule has 5 nitrogen and oxygen atoms in total. The Morgan fingerprint density at radius 2 is 1.87 bits per heavy atom. The van der Waals surface area contributed by atoms with Crippen LogP contribution in [0.5, 0.6) is 0 Å². The molecule has 0 spiro atoms. The van der Waals surface area contributed by atoms with Crippen LogP contribution in [0.25, 0.3) is 11.3 Å². The topological polar surface area (TPSA) is 68.7 Å². The van der Waals surface area contributed by atoms with Gasteiger partial charge in [-0.05, 0) is 44.5 Å². The first kappa shape index (κ1) is 15.6. The molecule has 3 rings (SSSR count). The fourth-order valence-corrected chi connectivity index (χ4v) is 2.90. The first-order chi connectivity index (χ1) is 10.9. The summed E-state index contributed by atoms with van der Waals surface area (Å²) in [6.07, 6.45) is 0.0723. The smallest absolute Gasteiger partial charge is 0.289 e. The number of carbonyl (C=O) groups is 1. The molecule has 2 atom stereocenters. The molecule has 2 unspecified atom stereocenters. The van der Waals surface area contributed by atoms with E-state index < -0.39 is 0 Å². The van der Waals surface area contributed by atoms with Crippen molar-refractivity contribution in [3.8, 4) is 11.3 Å². The van der Waals surface area contributed by atoms with Crippen LogP contribution < -0.4 is 5.73 Å². The van der Waals surface area contributed by atoms with E-state index in [-0.39, 0.29) is 18.1 Å². The molecule has 5 heteroatoms. The highest BCUT2D eigenvalue weighted by atomic mass is 16.5. The maximum atomic E-state index is 12.6. The van der Waals surface area contributed by atoms with Crippen molar-refractivity contribution in [2.45, 2.75) is 33.0 Å². The second-order valence-corrected chi connectivity index (χ2v) is 6.20. The lowest BCUT2D eigenvalue weighted by molar-refractivity contribution is -0.0592. The van der Waals surface area contributed by atoms with Crippen molar-refractivity contribution in [1.29, 1.82) is 0 Å². The summed E-state index contributed by atoms with van der Waals surface area (Å²) in [4.78, 5) is 14.4. The number of amides is 1. The average molecular weight is 314 g/mol. The molecule has 23 heavy (non-hydrogen) atoms. The normalized spacial score (nSPS) is 21.4. The highest BCUT2D eigenvalue weighted by Gasteiger charge is 2.28. The minimum Gasteiger partial charge on any atom is -0.451 e. The number of aryl methyl sites for hydroxylation is 1. The lowest BCUT2D eigenvalue weighted by Gasteiger charge is -2.34. The zero-order chi connectivity index (χ0) is 16.6. The minimum absolute atomic E-state index is 0.0361. The first-order valence-electron chi connectivity index (χ1n) is 7.85. The Bertz CT molecular complexity index is 713. The quantitative estimate of drug-likeness (QED) is 0.865. The fraction of sp³-hybridized carbons (Fsp3) is 0.389. The molecule has 1 aliphatic heterocycles. The van der Waals surface area contributed by atoms with Crippen LogP contribution in [0.1, 0.15) is 30.0 Å². The number of benzene rings is 1. The predicted molar refractivity (Wildman–Crippen MR) is 89.2 cm³/mol. The number of morpholine rings is 1. The molecule has 1 aromatic heterocycles. The molecule has 1 aliphatic rings. The van der Waals surface area contributed by atoms with Crippen LogP contribution in [0.2, 0.25) is 0 Å². The van der Waals surface area contributed by atoms with Crippen molar-refractivity contribution < 1.29 is 13.9 Å². The van der Waals surface area contributed by atoms with Gasteiger partial charge in [0.25, 0.3) is 5.91 Å². The lowest BCUT2D eigenvalue weighted by Crippen LogP contribution is -2.48. The van der Waals surface area contributed by atoms with Crippen molar-refractivity contribution in [3.05, 3.63) is 41.7 Å². The van der Waals surface area contributed by atoms with E-state index in [1.807, 2.05) is 45.0 Å². The van der Waals surface area contributed by atoms with E-state index in [1.54, 1.807) is 11.0 Å². The molecule has 0 bridgehead atoms. The third-order valence-electron chi connectivity index (χ3n) is 4.09. The van der Waals surface area contributed by atoms with E-state index in [0.717, 1.165) is 11.1 Å². The highest BCUT2D eigenvalue weighted by Crippen LogP contribution is 2.26. The van der Waals surface area contributed by atoms with Crippen molar-refractivity contribution in [1.82, 2.24) is 4.90 Å². The third kappa shape index (κ3) is 3.24. The summed E-state index contributed by atoms with van der Waals surface area (Å²) in [5.41, 5.74) is 8.54. The molecule has 1 saturated heterocycles. The molecule has 0 aliphatic carbocycles. The summed E-state index contributed by atoms with van der Waals surface area (Å²) in [6.45, 7) is 7.06. The van der Waals surface area contributed by atoms with Crippen LogP contribution in [0.4, 0.5) is 5.69 Å². The first-order valence-corrected chi connectivity index (χ1v) is 7.85. The summed E-state index contributed by atoms with van der Waals surface area (Å²) in [5.74, 6) is 0.896. The zero-order valence-electron chi connectivity index (χ0n) is 13.7. The Hall–Kier alpha value is -2.27. The number of furan rings is 1. The van der Waals surface area contributed by atoms with Crippen LogP contribution in [-0.2, 0) is 4.74 Å². The van der Waals surface area contributed by atoms with E-state index in [2.05, 4.69) is 0 Å². The van der Waals surface area contributed by atoms with E-state index >= 15 is 0 Å². The van der Waals surface area contributed by atoms with Gasteiger partial charge in [0.1, 0.15) is 5.76 Å². The number of hydrogen-bond donors (Lipinski definition) is 1. The summed E-state index contributed by atoms with van der Waals surface area (Å²) >= 11 is 0. The van der Waals surface area contributed by atoms with Gasteiger partial charge in [-0.25, -0.2) is 0 Å². The van der Waals surface area contributed by atoms with Crippen LogP contribution in [0.3, 0.4) is 0 Å². The van der Waals surface area contributed by atoms with Gasteiger partial charge in [0, 0.05) is 24.3 Å². The largest absolute Gasteiger partial charge is 0.451 e. The van der Waals surface area contributed by atoms with Crippen molar-refractivity contribution in [2.24, 2.45) is 0 Å². The summed E-state index contributed by atoms with van der Waals surface area (Å²) in [5, 5.41) is 0. The molecule has 1 aromatic carbocycles. The molecular formula is C18H22N2O3. The van der Waals surface area contributed by atoms with Gasteiger partial charge in [-0.15, -0.1) is 0 Å². The molecule has 0 radical (unpaired) electrons. The Morgan fingerprint density at radius 3 is 2.52 bits per heavy atom. The van der Waals surface area contributed by atoms with Crippen LogP contribution in [0.15, 0.2) is 34.7 Å². The number of rotatable bonds is 2. The van der Waals surface area contributed by atoms with Gasteiger partial charge in [0.15, 0.2) is 5.76 Å². The number of nitrogens with zero attached hydrogens (tertiary/aromatic N) is 1. The fourth-order valence-electron chi connectivity index (χ4n) is 2.90. The second kappa shape index (κ2) is 6.08. The average Bonchev–Trinajstić information content (AvgIpc) is 2.98. The Labute approximate surface area is 136 Å². The highest BCUT2D eigenvalue weighted by molar-refractivity contribution is 5.92. The zero-order valence-corrected chi connectivity index (χ0v) is 13.7. The van der Waals surface area contributed by atoms with Gasteiger partial charge in [-0.3, -0.25) is 4.79 Å². The SMILES string of the molecule is Cc1ccc(-c2ccc(C(=O)N3CC(C)OC(C)C3)o2)cc1N. The van der Waals surface area contributed by atoms with Gasteiger partial charge in [-0.2, -0.15) is 0 Å². The number of ether oxygens (including phenoxy) is 1. The Morgan fingerprint density at radius 1 is 1.17 bits per heavy atom. The van der Waals surface area contributed by atoms with Crippen LogP contribution in [0, 0.1) is 6.92 Å². The van der Waals surface area contributed by atoms with Crippen molar-refractivity contribution in [2.75, 3.05) is 18.8 Å². The summed E-state index contributed by atoms with van der Waals surface area (Å²) < 4.78 is 11.4. The molecule has 1 fully saturated rings. The molecule has 2 aromatic rings. The number of hydrogen-bond acceptors (Lipinski definition) is 4. The van der Waals surface area contributed by atoms with E-state index in [4.69, 9.17) is 14.9 Å². The number of nitrogen functional groups attached to an aromatic ring is 1. The molecule has 1 amide bonds. The molecule has 2 N–H and O–H groups in total. The monoisotopic (exact) mass is 314 g/mol. The predicted octanol–water partition coefficient (Wildman–Crippen LogP) is 3.09. The summed E-state index contributed by atoms with van der Waals surface area (Å²) in [6, 6.07) is 9.28. The molecule has 2 heterocycles. The van der Waals surface area contributed by atoms with Gasteiger partial charge in [-0.1, -0.05) is 12.1 Å². The number of nitrogens with two attached hydrogens (primary N) is 1. The van der Waals surface area contributed by atoms with Gasteiger partial charge in [0.2, 0.25) is 0 Å². The van der Waals surface area contributed by atoms with Crippen molar-refractivity contribution >= 4 is 11.6 Å². The second-order valence-electron chi connectivity index (χ2n) is 6.20. The third-order valence-corrected chi connectivity index (χ3v) is 4.09.